The number of hydrogen-bond donors (Lipinski definition) is 1. The van der Waals surface area contributed by atoms with Gasteiger partial charge in [0.15, 0.2) is 0 Å². The van der Waals surface area contributed by atoms with E-state index in [1.165, 1.54) is 11.3 Å². The number of nitrogens with one attached hydrogen (secondary N) is 1. The summed E-state index contributed by atoms with van der Waals surface area (Å²) in [5.74, 6) is -0.0325. The molecule has 0 saturated heterocycles. The van der Waals surface area contributed by atoms with Crippen molar-refractivity contribution in [2.75, 3.05) is 20.6 Å². The van der Waals surface area contributed by atoms with E-state index >= 15 is 0 Å². The number of carbonyl (C=O) groups is 2. The van der Waals surface area contributed by atoms with Crippen LogP contribution in [-0.2, 0) is 13.1 Å². The molecule has 0 atom stereocenters. The number of hydrogen-bond acceptors (Lipinski definition) is 4. The van der Waals surface area contributed by atoms with E-state index in [-0.39, 0.29) is 11.9 Å². The second kappa shape index (κ2) is 8.44. The molecule has 128 valence electrons. The fraction of sp³-hybridized carbons (Fsp3) is 0.353. The van der Waals surface area contributed by atoms with Gasteiger partial charge in [-0.1, -0.05) is 12.1 Å². The van der Waals surface area contributed by atoms with E-state index in [0.717, 1.165) is 11.3 Å². The molecule has 1 N–H and O–H groups in total. The lowest BCUT2D eigenvalue weighted by atomic mass is 10.1. The molecule has 1 aromatic carbocycles. The van der Waals surface area contributed by atoms with Crippen molar-refractivity contribution in [3.05, 3.63) is 52.0 Å². The number of urea groups is 1. The molecule has 6 nitrogen and oxygen atoms in total. The average Bonchev–Trinajstić information content (AvgIpc) is 3.10. The number of aromatic nitrogens is 1. The van der Waals surface area contributed by atoms with Gasteiger partial charge in [-0.25, -0.2) is 9.78 Å². The van der Waals surface area contributed by atoms with Gasteiger partial charge in [0.05, 0.1) is 17.7 Å². The Bertz CT molecular complexity index is 668. The Morgan fingerprint density at radius 3 is 2.46 bits per heavy atom. The molecule has 2 rings (SSSR count). The highest BCUT2D eigenvalue weighted by molar-refractivity contribution is 7.07. The summed E-state index contributed by atoms with van der Waals surface area (Å²) in [5, 5.41) is 4.78. The van der Waals surface area contributed by atoms with Crippen LogP contribution in [0.2, 0.25) is 0 Å². The zero-order valence-electron chi connectivity index (χ0n) is 14.2. The van der Waals surface area contributed by atoms with Crippen molar-refractivity contribution in [2.24, 2.45) is 0 Å². The lowest BCUT2D eigenvalue weighted by Crippen LogP contribution is -2.39. The van der Waals surface area contributed by atoms with Crippen LogP contribution in [0.3, 0.4) is 0 Å². The largest absolute Gasteiger partial charge is 0.345 e. The molecule has 1 heterocycles. The van der Waals surface area contributed by atoms with Crippen molar-refractivity contribution < 1.29 is 9.59 Å². The van der Waals surface area contributed by atoms with Crippen molar-refractivity contribution in [1.82, 2.24) is 20.1 Å². The predicted molar refractivity (Wildman–Crippen MR) is 94.9 cm³/mol. The molecule has 7 heteroatoms. The van der Waals surface area contributed by atoms with Crippen molar-refractivity contribution in [3.8, 4) is 0 Å². The Kier molecular flexibility index (Phi) is 6.31. The summed E-state index contributed by atoms with van der Waals surface area (Å²) in [4.78, 5) is 31.6. The average molecular weight is 346 g/mol. The van der Waals surface area contributed by atoms with E-state index in [1.54, 1.807) is 41.5 Å². The molecule has 0 fully saturated rings. The van der Waals surface area contributed by atoms with Crippen LogP contribution in [0.15, 0.2) is 35.2 Å². The van der Waals surface area contributed by atoms with Gasteiger partial charge in [-0.2, -0.15) is 0 Å². The van der Waals surface area contributed by atoms with Gasteiger partial charge in [-0.05, 0) is 24.6 Å². The summed E-state index contributed by atoms with van der Waals surface area (Å²) in [6.07, 6.45) is 0. The highest BCUT2D eigenvalue weighted by atomic mass is 32.1. The van der Waals surface area contributed by atoms with Crippen LogP contribution in [0.1, 0.15) is 28.5 Å². The summed E-state index contributed by atoms with van der Waals surface area (Å²) in [6.45, 7) is 3.46. The third kappa shape index (κ3) is 4.79. The molecule has 0 saturated carbocycles. The first-order valence-corrected chi connectivity index (χ1v) is 8.66. The van der Waals surface area contributed by atoms with E-state index in [1.807, 2.05) is 24.4 Å². The maximum atomic E-state index is 12.3. The molecule has 0 spiro atoms. The van der Waals surface area contributed by atoms with Crippen LogP contribution in [0.4, 0.5) is 4.79 Å². The second-order valence-corrected chi connectivity index (χ2v) is 6.27. The minimum absolute atomic E-state index is 0.0325. The van der Waals surface area contributed by atoms with Crippen LogP contribution in [0.5, 0.6) is 0 Å². The topological polar surface area (TPSA) is 65.5 Å². The summed E-state index contributed by atoms with van der Waals surface area (Å²) in [5.41, 5.74) is 4.22. The third-order valence-corrected chi connectivity index (χ3v) is 4.19. The van der Waals surface area contributed by atoms with E-state index in [0.29, 0.717) is 25.2 Å². The van der Waals surface area contributed by atoms with Crippen LogP contribution in [0, 0.1) is 0 Å². The molecule has 2 aromatic rings. The predicted octanol–water partition coefficient (Wildman–Crippen LogP) is 2.58. The number of benzene rings is 1. The fourth-order valence-electron chi connectivity index (χ4n) is 2.16. The molecular weight excluding hydrogens is 324 g/mol. The van der Waals surface area contributed by atoms with Crippen LogP contribution in [0.25, 0.3) is 0 Å². The summed E-state index contributed by atoms with van der Waals surface area (Å²) in [7, 11) is 3.45. The van der Waals surface area contributed by atoms with Gasteiger partial charge < -0.3 is 15.1 Å². The Labute approximate surface area is 146 Å². The number of amides is 3. The minimum atomic E-state index is -0.126. The molecule has 0 radical (unpaired) electrons. The van der Waals surface area contributed by atoms with Gasteiger partial charge in [-0.15, -0.1) is 11.3 Å². The van der Waals surface area contributed by atoms with Gasteiger partial charge in [0.1, 0.15) is 0 Å². The first kappa shape index (κ1) is 17.9. The quantitative estimate of drug-likeness (QED) is 0.874. The van der Waals surface area contributed by atoms with Gasteiger partial charge in [-0.3, -0.25) is 4.79 Å². The van der Waals surface area contributed by atoms with Gasteiger partial charge in [0, 0.05) is 38.1 Å². The molecule has 0 aliphatic rings. The smallest absolute Gasteiger partial charge is 0.318 e. The molecule has 3 amide bonds. The first-order chi connectivity index (χ1) is 11.5. The zero-order chi connectivity index (χ0) is 17.5. The highest BCUT2D eigenvalue weighted by Gasteiger charge is 2.13. The van der Waals surface area contributed by atoms with Crippen LogP contribution < -0.4 is 5.32 Å². The van der Waals surface area contributed by atoms with Crippen molar-refractivity contribution in [2.45, 2.75) is 20.0 Å². The third-order valence-electron chi connectivity index (χ3n) is 3.55. The number of rotatable bonds is 6. The van der Waals surface area contributed by atoms with Crippen molar-refractivity contribution >= 4 is 23.3 Å². The molecule has 0 aliphatic carbocycles. The van der Waals surface area contributed by atoms with Gasteiger partial charge in [0.25, 0.3) is 5.91 Å². The first-order valence-electron chi connectivity index (χ1n) is 7.71. The Morgan fingerprint density at radius 2 is 1.92 bits per heavy atom. The Hall–Kier alpha value is -2.41. The minimum Gasteiger partial charge on any atom is -0.345 e. The van der Waals surface area contributed by atoms with Crippen molar-refractivity contribution in [1.29, 1.82) is 0 Å². The summed E-state index contributed by atoms with van der Waals surface area (Å²) >= 11 is 1.51. The van der Waals surface area contributed by atoms with Crippen molar-refractivity contribution in [3.63, 3.8) is 0 Å². The zero-order valence-corrected chi connectivity index (χ0v) is 15.0. The van der Waals surface area contributed by atoms with Gasteiger partial charge in [0.2, 0.25) is 0 Å². The number of thiazole rings is 1. The van der Waals surface area contributed by atoms with Crippen LogP contribution >= 0.6 is 11.3 Å². The molecule has 24 heavy (non-hydrogen) atoms. The lowest BCUT2D eigenvalue weighted by molar-refractivity contribution is 0.0827. The highest BCUT2D eigenvalue weighted by Crippen LogP contribution is 2.10. The molecular formula is C17H22N4O2S. The maximum absolute atomic E-state index is 12.3. The van der Waals surface area contributed by atoms with E-state index < -0.39 is 0 Å². The van der Waals surface area contributed by atoms with E-state index in [9.17, 15) is 9.59 Å². The molecule has 0 bridgehead atoms. The normalized spacial score (nSPS) is 10.3. The van der Waals surface area contributed by atoms with Gasteiger partial charge >= 0.3 is 6.03 Å². The maximum Gasteiger partial charge on any atom is 0.318 e. The monoisotopic (exact) mass is 346 g/mol. The van der Waals surface area contributed by atoms with Crippen LogP contribution in [-0.4, -0.2) is 47.4 Å². The Balaban J connectivity index is 1.94. The molecule has 1 aromatic heterocycles. The lowest BCUT2D eigenvalue weighted by Gasteiger charge is -2.21. The number of nitrogens with zero attached hydrogens (tertiary/aromatic N) is 3. The number of carbonyl (C=O) groups excluding carboxylic acids is 2. The Morgan fingerprint density at radius 1 is 1.21 bits per heavy atom. The van der Waals surface area contributed by atoms with E-state index in [2.05, 4.69) is 10.3 Å². The standard InChI is InChI=1S/C17H22N4O2S/c1-4-21(17(23)18-9-15-11-24-12-19-15)10-13-5-7-14(8-6-13)16(22)20(2)3/h5-8,11-12H,4,9-10H2,1-3H3,(H,18,23). The molecule has 0 unspecified atom stereocenters. The summed E-state index contributed by atoms with van der Waals surface area (Å²) < 4.78 is 0. The fourth-order valence-corrected chi connectivity index (χ4v) is 2.72. The van der Waals surface area contributed by atoms with E-state index in [4.69, 9.17) is 0 Å². The SMILES string of the molecule is CCN(Cc1ccc(C(=O)N(C)C)cc1)C(=O)NCc1cscn1. The summed E-state index contributed by atoms with van der Waals surface area (Å²) in [6, 6.07) is 7.22. The second-order valence-electron chi connectivity index (χ2n) is 5.55. The molecule has 0 aliphatic heterocycles.